The SMILES string of the molecule is CC/C=C/C(=O)NCC#N. The van der Waals surface area contributed by atoms with E-state index in [9.17, 15) is 4.79 Å². The molecule has 0 bridgehead atoms. The molecule has 3 heteroatoms. The molecule has 0 aliphatic carbocycles. The summed E-state index contributed by atoms with van der Waals surface area (Å²) < 4.78 is 0. The predicted octanol–water partition coefficient (Wildman–Crippen LogP) is 0.592. The molecule has 0 aromatic carbocycles. The van der Waals surface area contributed by atoms with E-state index in [1.165, 1.54) is 6.08 Å². The standard InChI is InChI=1S/C7H10N2O/c1-2-3-4-7(10)9-6-5-8/h3-4H,2,6H2,1H3,(H,9,10)/b4-3+. The number of carbonyl (C=O) groups is 1. The molecule has 0 saturated heterocycles. The summed E-state index contributed by atoms with van der Waals surface area (Å²) in [6.07, 6.45) is 4.00. The first kappa shape index (κ1) is 8.70. The molecule has 0 heterocycles. The smallest absolute Gasteiger partial charge is 0.244 e. The Labute approximate surface area is 60.3 Å². The van der Waals surface area contributed by atoms with Crippen molar-refractivity contribution < 1.29 is 4.79 Å². The average molecular weight is 138 g/mol. The first-order valence-electron chi connectivity index (χ1n) is 3.12. The molecule has 0 aliphatic rings. The molecule has 0 radical (unpaired) electrons. The van der Waals surface area contributed by atoms with E-state index >= 15 is 0 Å². The second-order valence-corrected chi connectivity index (χ2v) is 1.69. The van der Waals surface area contributed by atoms with E-state index < -0.39 is 0 Å². The molecular weight excluding hydrogens is 128 g/mol. The van der Waals surface area contributed by atoms with Crippen LogP contribution in [0.25, 0.3) is 0 Å². The number of nitriles is 1. The molecule has 54 valence electrons. The number of amides is 1. The van der Waals surface area contributed by atoms with Crippen LogP contribution in [0.4, 0.5) is 0 Å². The van der Waals surface area contributed by atoms with Gasteiger partial charge in [0.15, 0.2) is 0 Å². The van der Waals surface area contributed by atoms with Gasteiger partial charge in [-0.15, -0.1) is 0 Å². The van der Waals surface area contributed by atoms with Gasteiger partial charge < -0.3 is 5.32 Å². The number of rotatable bonds is 3. The van der Waals surface area contributed by atoms with Crippen LogP contribution in [0.5, 0.6) is 0 Å². The summed E-state index contributed by atoms with van der Waals surface area (Å²) in [6, 6.07) is 1.81. The van der Waals surface area contributed by atoms with E-state index in [-0.39, 0.29) is 12.5 Å². The zero-order chi connectivity index (χ0) is 7.82. The number of nitrogens with one attached hydrogen (secondary N) is 1. The summed E-state index contributed by atoms with van der Waals surface area (Å²) in [4.78, 5) is 10.6. The summed E-state index contributed by atoms with van der Waals surface area (Å²) in [5.41, 5.74) is 0. The molecule has 0 saturated carbocycles. The highest BCUT2D eigenvalue weighted by molar-refractivity contribution is 5.87. The molecule has 0 aromatic heterocycles. The van der Waals surface area contributed by atoms with Gasteiger partial charge in [-0.1, -0.05) is 13.0 Å². The summed E-state index contributed by atoms with van der Waals surface area (Å²) in [5, 5.41) is 10.4. The second kappa shape index (κ2) is 5.83. The third kappa shape index (κ3) is 4.85. The Balaban J connectivity index is 3.46. The lowest BCUT2D eigenvalue weighted by Gasteiger charge is -1.90. The molecule has 0 rings (SSSR count). The first-order chi connectivity index (χ1) is 4.81. The van der Waals surface area contributed by atoms with Crippen LogP contribution in [-0.2, 0) is 4.79 Å². The van der Waals surface area contributed by atoms with E-state index in [2.05, 4.69) is 5.32 Å². The number of allylic oxidation sites excluding steroid dienone is 1. The molecule has 1 amide bonds. The summed E-state index contributed by atoms with van der Waals surface area (Å²) >= 11 is 0. The van der Waals surface area contributed by atoms with Gasteiger partial charge in [0.05, 0.1) is 6.07 Å². The van der Waals surface area contributed by atoms with E-state index in [1.807, 2.05) is 13.0 Å². The number of hydrogen-bond donors (Lipinski definition) is 1. The molecular formula is C7H10N2O. The third-order valence-corrected chi connectivity index (χ3v) is 0.847. The summed E-state index contributed by atoms with van der Waals surface area (Å²) in [6.45, 7) is 2.01. The van der Waals surface area contributed by atoms with E-state index in [4.69, 9.17) is 5.26 Å². The van der Waals surface area contributed by atoms with Gasteiger partial charge >= 0.3 is 0 Å². The maximum absolute atomic E-state index is 10.6. The van der Waals surface area contributed by atoms with Crippen molar-refractivity contribution >= 4 is 5.91 Å². The van der Waals surface area contributed by atoms with Crippen LogP contribution in [-0.4, -0.2) is 12.5 Å². The van der Waals surface area contributed by atoms with Crippen LogP contribution < -0.4 is 5.32 Å². The number of carbonyl (C=O) groups excluding carboxylic acids is 1. The molecule has 0 fully saturated rings. The van der Waals surface area contributed by atoms with Crippen molar-refractivity contribution in [3.05, 3.63) is 12.2 Å². The lowest BCUT2D eigenvalue weighted by atomic mass is 10.4. The molecule has 0 aromatic rings. The van der Waals surface area contributed by atoms with Crippen molar-refractivity contribution in [2.75, 3.05) is 6.54 Å². The summed E-state index contributed by atoms with van der Waals surface area (Å²) in [7, 11) is 0. The van der Waals surface area contributed by atoms with Gasteiger partial charge in [-0.3, -0.25) is 4.79 Å². The second-order valence-electron chi connectivity index (χ2n) is 1.69. The lowest BCUT2D eigenvalue weighted by molar-refractivity contribution is -0.116. The minimum absolute atomic E-state index is 0.0763. The monoisotopic (exact) mass is 138 g/mol. The lowest BCUT2D eigenvalue weighted by Crippen LogP contribution is -2.20. The maximum Gasteiger partial charge on any atom is 0.244 e. The van der Waals surface area contributed by atoms with Gasteiger partial charge in [-0.05, 0) is 12.5 Å². The summed E-state index contributed by atoms with van der Waals surface area (Å²) in [5.74, 6) is -0.205. The first-order valence-corrected chi connectivity index (χ1v) is 3.12. The van der Waals surface area contributed by atoms with E-state index in [0.29, 0.717) is 0 Å². The maximum atomic E-state index is 10.6. The van der Waals surface area contributed by atoms with Crippen LogP contribution in [0.2, 0.25) is 0 Å². The number of hydrogen-bond acceptors (Lipinski definition) is 2. The predicted molar refractivity (Wildman–Crippen MR) is 38.1 cm³/mol. The zero-order valence-corrected chi connectivity index (χ0v) is 5.92. The van der Waals surface area contributed by atoms with E-state index in [0.717, 1.165) is 6.42 Å². The van der Waals surface area contributed by atoms with Crippen LogP contribution in [0, 0.1) is 11.3 Å². The molecule has 0 atom stereocenters. The molecule has 10 heavy (non-hydrogen) atoms. The Morgan fingerprint density at radius 3 is 3.00 bits per heavy atom. The Bertz CT molecular complexity index is 167. The van der Waals surface area contributed by atoms with Gasteiger partial charge in [-0.25, -0.2) is 0 Å². The highest BCUT2D eigenvalue weighted by Crippen LogP contribution is 1.78. The quantitative estimate of drug-likeness (QED) is 0.458. The molecule has 0 spiro atoms. The van der Waals surface area contributed by atoms with Crippen molar-refractivity contribution in [1.29, 1.82) is 5.26 Å². The third-order valence-electron chi connectivity index (χ3n) is 0.847. The van der Waals surface area contributed by atoms with Gasteiger partial charge in [-0.2, -0.15) is 5.26 Å². The van der Waals surface area contributed by atoms with Crippen molar-refractivity contribution in [3.8, 4) is 6.07 Å². The zero-order valence-electron chi connectivity index (χ0n) is 5.92. The van der Waals surface area contributed by atoms with Gasteiger partial charge in [0.25, 0.3) is 0 Å². The minimum Gasteiger partial charge on any atom is -0.339 e. The van der Waals surface area contributed by atoms with Crippen LogP contribution >= 0.6 is 0 Å². The van der Waals surface area contributed by atoms with Gasteiger partial charge in [0.2, 0.25) is 5.91 Å². The Hall–Kier alpha value is -1.30. The largest absolute Gasteiger partial charge is 0.339 e. The fourth-order valence-electron chi connectivity index (χ4n) is 0.410. The highest BCUT2D eigenvalue weighted by Gasteiger charge is 1.89. The topological polar surface area (TPSA) is 52.9 Å². The van der Waals surface area contributed by atoms with Crippen molar-refractivity contribution in [2.24, 2.45) is 0 Å². The Morgan fingerprint density at radius 2 is 2.50 bits per heavy atom. The van der Waals surface area contributed by atoms with Crippen molar-refractivity contribution in [1.82, 2.24) is 5.32 Å². The Morgan fingerprint density at radius 1 is 1.80 bits per heavy atom. The fourth-order valence-corrected chi connectivity index (χ4v) is 0.410. The average Bonchev–Trinajstić information content (AvgIpc) is 1.97. The minimum atomic E-state index is -0.205. The molecule has 3 nitrogen and oxygen atoms in total. The van der Waals surface area contributed by atoms with E-state index in [1.54, 1.807) is 6.08 Å². The van der Waals surface area contributed by atoms with Crippen LogP contribution in [0.1, 0.15) is 13.3 Å². The van der Waals surface area contributed by atoms with Crippen LogP contribution in [0.3, 0.4) is 0 Å². The highest BCUT2D eigenvalue weighted by atomic mass is 16.1. The molecule has 1 N–H and O–H groups in total. The molecule has 0 unspecified atom stereocenters. The van der Waals surface area contributed by atoms with Crippen LogP contribution in [0.15, 0.2) is 12.2 Å². The Kier molecular flexibility index (Phi) is 5.07. The normalized spacial score (nSPS) is 9.20. The van der Waals surface area contributed by atoms with Crippen molar-refractivity contribution in [2.45, 2.75) is 13.3 Å². The van der Waals surface area contributed by atoms with Crippen molar-refractivity contribution in [3.63, 3.8) is 0 Å². The van der Waals surface area contributed by atoms with Gasteiger partial charge in [0, 0.05) is 0 Å². The molecule has 0 aliphatic heterocycles. The van der Waals surface area contributed by atoms with Gasteiger partial charge in [0.1, 0.15) is 6.54 Å². The fraction of sp³-hybridized carbons (Fsp3) is 0.429. The number of nitrogens with zero attached hydrogens (tertiary/aromatic N) is 1.